The van der Waals surface area contributed by atoms with Crippen molar-refractivity contribution in [2.75, 3.05) is 6.61 Å². The fourth-order valence-corrected chi connectivity index (χ4v) is 6.35. The Morgan fingerprint density at radius 1 is 0.652 bits per heavy atom. The van der Waals surface area contributed by atoms with Gasteiger partial charge in [-0.05, 0) is 48.4 Å². The number of aliphatic hydroxyl groups excluding tert-OH is 1. The Kier molecular flexibility index (Phi) is 5.13. The smallest absolute Gasteiger partial charge is 0.210 e. The summed E-state index contributed by atoms with van der Waals surface area (Å²) in [5.41, 5.74) is 1.13. The summed E-state index contributed by atoms with van der Waals surface area (Å²) in [6, 6.07) is 28.9. The standard InChI is InChI=1S/C20H19ClOP/c21-23(18-7-3-1-4-8-18,19-9-5-2-6-10-19)20-13-11-17(12-14-20)15-16-22/h1-14,22H,15-16H2/q+1. The third-order valence-electron chi connectivity index (χ3n) is 3.92. The molecule has 0 amide bonds. The lowest BCUT2D eigenvalue weighted by Crippen LogP contribution is -2.27. The fraction of sp³-hybridized carbons (Fsp3) is 0.100. The van der Waals surface area contributed by atoms with Gasteiger partial charge in [0.1, 0.15) is 27.2 Å². The highest BCUT2D eigenvalue weighted by molar-refractivity contribution is 8.14. The average molecular weight is 342 g/mol. The molecule has 3 rings (SSSR count). The zero-order valence-corrected chi connectivity index (χ0v) is 14.4. The molecule has 0 atom stereocenters. The van der Waals surface area contributed by atoms with Crippen molar-refractivity contribution in [1.82, 2.24) is 0 Å². The van der Waals surface area contributed by atoms with Crippen LogP contribution in [0.2, 0.25) is 0 Å². The van der Waals surface area contributed by atoms with Gasteiger partial charge >= 0.3 is 0 Å². The van der Waals surface area contributed by atoms with Crippen LogP contribution in [0.4, 0.5) is 0 Å². The van der Waals surface area contributed by atoms with Crippen LogP contribution >= 0.6 is 17.9 Å². The number of halogens is 1. The Morgan fingerprint density at radius 3 is 1.52 bits per heavy atom. The van der Waals surface area contributed by atoms with Crippen LogP contribution < -0.4 is 15.9 Å². The van der Waals surface area contributed by atoms with Gasteiger partial charge in [-0.15, -0.1) is 0 Å². The van der Waals surface area contributed by atoms with Crippen LogP contribution in [0, 0.1) is 0 Å². The molecule has 0 aliphatic heterocycles. The summed E-state index contributed by atoms with van der Waals surface area (Å²) < 4.78 is 0. The molecule has 0 saturated carbocycles. The average Bonchev–Trinajstić information content (AvgIpc) is 2.63. The van der Waals surface area contributed by atoms with Gasteiger partial charge in [0, 0.05) is 6.61 Å². The molecule has 0 fully saturated rings. The van der Waals surface area contributed by atoms with E-state index in [1.807, 2.05) is 36.4 Å². The Hall–Kier alpha value is -1.66. The number of hydrogen-bond acceptors (Lipinski definition) is 1. The van der Waals surface area contributed by atoms with E-state index in [4.69, 9.17) is 16.3 Å². The second-order valence-corrected chi connectivity index (χ2v) is 9.65. The van der Waals surface area contributed by atoms with Crippen LogP contribution in [0.15, 0.2) is 84.9 Å². The van der Waals surface area contributed by atoms with E-state index in [-0.39, 0.29) is 6.61 Å². The Bertz CT molecular complexity index is 702. The quantitative estimate of drug-likeness (QED) is 0.702. The van der Waals surface area contributed by atoms with Gasteiger partial charge in [0.05, 0.1) is 0 Å². The molecular weight excluding hydrogens is 323 g/mol. The monoisotopic (exact) mass is 341 g/mol. The van der Waals surface area contributed by atoms with Gasteiger partial charge in [-0.25, -0.2) is 0 Å². The minimum Gasteiger partial charge on any atom is -0.396 e. The van der Waals surface area contributed by atoms with Gasteiger partial charge in [0.25, 0.3) is 0 Å². The maximum Gasteiger partial charge on any atom is 0.210 e. The first-order chi connectivity index (χ1) is 11.2. The number of rotatable bonds is 5. The first-order valence-electron chi connectivity index (χ1n) is 7.65. The normalized spacial score (nSPS) is 11.4. The summed E-state index contributed by atoms with van der Waals surface area (Å²) in [5, 5.41) is 12.5. The predicted octanol–water partition coefficient (Wildman–Crippen LogP) is 3.67. The molecule has 0 saturated heterocycles. The van der Waals surface area contributed by atoms with Crippen molar-refractivity contribution in [1.29, 1.82) is 0 Å². The van der Waals surface area contributed by atoms with E-state index >= 15 is 0 Å². The van der Waals surface area contributed by atoms with E-state index < -0.39 is 6.62 Å². The molecule has 0 aromatic heterocycles. The summed E-state index contributed by atoms with van der Waals surface area (Å²) in [6.07, 6.45) is 0.671. The molecule has 0 spiro atoms. The zero-order valence-electron chi connectivity index (χ0n) is 12.8. The maximum atomic E-state index is 9.09. The van der Waals surface area contributed by atoms with E-state index in [1.165, 1.54) is 0 Å². The van der Waals surface area contributed by atoms with Crippen LogP contribution in [0.3, 0.4) is 0 Å². The van der Waals surface area contributed by atoms with Crippen LogP contribution in [0.1, 0.15) is 5.56 Å². The second-order valence-electron chi connectivity index (χ2n) is 5.40. The Morgan fingerprint density at radius 2 is 1.09 bits per heavy atom. The molecule has 0 radical (unpaired) electrons. The Labute approximate surface area is 142 Å². The minimum absolute atomic E-state index is 0.165. The first-order valence-corrected chi connectivity index (χ1v) is 10.3. The van der Waals surface area contributed by atoms with Gasteiger partial charge < -0.3 is 5.11 Å². The molecule has 23 heavy (non-hydrogen) atoms. The van der Waals surface area contributed by atoms with Crippen molar-refractivity contribution in [2.45, 2.75) is 6.42 Å². The predicted molar refractivity (Wildman–Crippen MR) is 102 cm³/mol. The third-order valence-corrected chi connectivity index (χ3v) is 8.70. The molecule has 3 aromatic rings. The van der Waals surface area contributed by atoms with Gasteiger partial charge in [0.2, 0.25) is 6.62 Å². The highest BCUT2D eigenvalue weighted by Gasteiger charge is 2.44. The number of hydrogen-bond donors (Lipinski definition) is 1. The fourth-order valence-electron chi connectivity index (χ4n) is 2.71. The van der Waals surface area contributed by atoms with E-state index in [0.29, 0.717) is 6.42 Å². The lowest BCUT2D eigenvalue weighted by atomic mass is 10.2. The van der Waals surface area contributed by atoms with Crippen LogP contribution in [-0.2, 0) is 6.42 Å². The topological polar surface area (TPSA) is 20.2 Å². The lowest BCUT2D eigenvalue weighted by molar-refractivity contribution is 0.299. The van der Waals surface area contributed by atoms with Crippen molar-refractivity contribution < 1.29 is 5.11 Å². The van der Waals surface area contributed by atoms with E-state index in [9.17, 15) is 0 Å². The molecular formula is C20H19ClOP+. The van der Waals surface area contributed by atoms with Crippen molar-refractivity contribution in [3.05, 3.63) is 90.5 Å². The van der Waals surface area contributed by atoms with Crippen molar-refractivity contribution in [3.8, 4) is 0 Å². The van der Waals surface area contributed by atoms with Gasteiger partial charge in [-0.3, -0.25) is 0 Å². The highest BCUT2D eigenvalue weighted by Crippen LogP contribution is 2.60. The SMILES string of the molecule is OCCc1ccc([P+](Cl)(c2ccccc2)c2ccccc2)cc1. The number of aliphatic hydroxyl groups is 1. The molecule has 116 valence electrons. The molecule has 0 unspecified atom stereocenters. The molecule has 1 nitrogen and oxygen atoms in total. The molecule has 0 heterocycles. The largest absolute Gasteiger partial charge is 0.396 e. The van der Waals surface area contributed by atoms with E-state index in [0.717, 1.165) is 21.5 Å². The molecule has 3 aromatic carbocycles. The molecule has 0 bridgehead atoms. The lowest BCUT2D eigenvalue weighted by Gasteiger charge is -2.19. The summed E-state index contributed by atoms with van der Waals surface area (Å²) >= 11 is 7.31. The van der Waals surface area contributed by atoms with Crippen molar-refractivity contribution in [3.63, 3.8) is 0 Å². The van der Waals surface area contributed by atoms with E-state index in [2.05, 4.69) is 48.5 Å². The van der Waals surface area contributed by atoms with E-state index in [1.54, 1.807) is 0 Å². The molecule has 3 heteroatoms. The summed E-state index contributed by atoms with van der Waals surface area (Å²) in [7, 11) is 0. The minimum atomic E-state index is -2.16. The van der Waals surface area contributed by atoms with Crippen molar-refractivity contribution in [2.24, 2.45) is 0 Å². The van der Waals surface area contributed by atoms with Crippen LogP contribution in [-0.4, -0.2) is 11.7 Å². The maximum absolute atomic E-state index is 9.09. The number of benzene rings is 3. The summed E-state index contributed by atoms with van der Waals surface area (Å²) in [4.78, 5) is 0. The molecule has 0 aliphatic carbocycles. The van der Waals surface area contributed by atoms with Crippen LogP contribution in [0.25, 0.3) is 0 Å². The van der Waals surface area contributed by atoms with Gasteiger partial charge in [0.15, 0.2) is 0 Å². The van der Waals surface area contributed by atoms with Crippen LogP contribution in [0.5, 0.6) is 0 Å². The van der Waals surface area contributed by atoms with Gasteiger partial charge in [-0.2, -0.15) is 0 Å². The summed E-state index contributed by atoms with van der Waals surface area (Å²) in [5.74, 6) is 0. The second kappa shape index (κ2) is 7.27. The molecule has 1 N–H and O–H groups in total. The third kappa shape index (κ3) is 3.33. The first kappa shape index (κ1) is 16.2. The van der Waals surface area contributed by atoms with Crippen molar-refractivity contribution >= 4 is 33.8 Å². The molecule has 0 aliphatic rings. The Balaban J connectivity index is 2.13. The summed E-state index contributed by atoms with van der Waals surface area (Å²) in [6.45, 7) is -1.99. The highest BCUT2D eigenvalue weighted by atomic mass is 35.7. The zero-order chi connectivity index (χ0) is 16.1. The van der Waals surface area contributed by atoms with Gasteiger partial charge in [-0.1, -0.05) is 48.5 Å².